The van der Waals surface area contributed by atoms with E-state index < -0.39 is 30.0 Å². The van der Waals surface area contributed by atoms with E-state index in [-0.39, 0.29) is 59.2 Å². The minimum atomic E-state index is -2.98. The Morgan fingerprint density at radius 1 is 1.05 bits per heavy atom. The number of morpholine rings is 1. The number of aromatic nitrogens is 7. The van der Waals surface area contributed by atoms with Crippen molar-refractivity contribution in [3.05, 3.63) is 100.0 Å². The fourth-order valence-electron chi connectivity index (χ4n) is 10.9. The summed E-state index contributed by atoms with van der Waals surface area (Å²) >= 11 is 0. The van der Waals surface area contributed by atoms with E-state index >= 15 is 0 Å². The van der Waals surface area contributed by atoms with Crippen molar-refractivity contribution in [2.45, 2.75) is 76.0 Å². The largest absolute Gasteiger partial charge is 0.374 e. The molecule has 330 valence electrons. The van der Waals surface area contributed by atoms with Crippen LogP contribution in [0.1, 0.15) is 89.4 Å². The number of rotatable bonds is 9. The number of anilines is 2. The van der Waals surface area contributed by atoms with Gasteiger partial charge in [-0.2, -0.15) is 10.2 Å². The topological polar surface area (TPSA) is 183 Å². The van der Waals surface area contributed by atoms with Gasteiger partial charge in [0.1, 0.15) is 17.4 Å². The van der Waals surface area contributed by atoms with Gasteiger partial charge in [0.05, 0.1) is 53.6 Å². The molecule has 1 unspecified atom stereocenters. The summed E-state index contributed by atoms with van der Waals surface area (Å²) in [6, 6.07) is 13.7. The number of benzene rings is 2. The Morgan fingerprint density at radius 3 is 2.56 bits per heavy atom. The molecule has 5 fully saturated rings. The molecule has 2 bridgehead atoms. The second-order valence-electron chi connectivity index (χ2n) is 18.0. The Balaban J connectivity index is 0.719. The monoisotopic (exact) mass is 873 g/mol. The van der Waals surface area contributed by atoms with E-state index in [0.29, 0.717) is 60.4 Å². The number of fused-ring (bicyclic) bond motifs is 4. The van der Waals surface area contributed by atoms with Crippen molar-refractivity contribution in [2.75, 3.05) is 36.5 Å². The van der Waals surface area contributed by atoms with Crippen molar-refractivity contribution in [3.8, 4) is 5.69 Å². The van der Waals surface area contributed by atoms with Gasteiger partial charge in [0, 0.05) is 44.9 Å². The van der Waals surface area contributed by atoms with Crippen molar-refractivity contribution < 1.29 is 32.7 Å². The molecular weight excluding hydrogens is 829 g/mol. The van der Waals surface area contributed by atoms with Gasteiger partial charge in [-0.1, -0.05) is 12.1 Å². The number of piperidine rings is 2. The number of hydrogen-bond acceptors (Lipinski definition) is 10. The number of hydrogen-bond donors (Lipinski definition) is 2. The lowest BCUT2D eigenvalue weighted by atomic mass is 9.56. The minimum Gasteiger partial charge on any atom is -0.374 e. The molecule has 4 aliphatic heterocycles. The first-order chi connectivity index (χ1) is 30.9. The second kappa shape index (κ2) is 15.2. The number of para-hydroxylation sites is 1. The number of nitrogens with one attached hydrogen (secondary N) is 2. The summed E-state index contributed by atoms with van der Waals surface area (Å²) in [6.07, 6.45) is 7.55. The number of imidazole rings is 1. The molecule has 1 saturated carbocycles. The highest BCUT2D eigenvalue weighted by atomic mass is 19.3. The Labute approximate surface area is 364 Å². The Morgan fingerprint density at radius 2 is 1.84 bits per heavy atom. The number of likely N-dealkylation sites (tertiary alicyclic amines) is 1. The molecule has 0 radical (unpaired) electrons. The van der Waals surface area contributed by atoms with Gasteiger partial charge >= 0.3 is 5.69 Å². The normalized spacial score (nSPS) is 22.0. The third-order valence-electron chi connectivity index (χ3n) is 14.1. The van der Waals surface area contributed by atoms with Gasteiger partial charge in [0.25, 0.3) is 18.2 Å². The summed E-state index contributed by atoms with van der Waals surface area (Å²) in [5.41, 5.74) is 3.00. The molecule has 64 heavy (non-hydrogen) atoms. The zero-order valence-corrected chi connectivity index (χ0v) is 35.0. The highest BCUT2D eigenvalue weighted by Crippen LogP contribution is 2.54. The number of carbonyl (C=O) groups excluding carboxylic acids is 4. The van der Waals surface area contributed by atoms with E-state index in [4.69, 9.17) is 9.72 Å². The van der Waals surface area contributed by atoms with Crippen LogP contribution >= 0.6 is 0 Å². The average molecular weight is 874 g/mol. The number of alkyl halides is 2. The van der Waals surface area contributed by atoms with Crippen LogP contribution in [0.5, 0.6) is 0 Å². The van der Waals surface area contributed by atoms with Crippen LogP contribution in [0.15, 0.2) is 71.9 Å². The molecule has 1 aliphatic carbocycles. The summed E-state index contributed by atoms with van der Waals surface area (Å²) in [4.78, 5) is 73.8. The smallest absolute Gasteiger partial charge is 0.329 e. The number of imide groups is 1. The van der Waals surface area contributed by atoms with Crippen LogP contribution in [0.3, 0.4) is 0 Å². The van der Waals surface area contributed by atoms with Crippen molar-refractivity contribution in [1.82, 2.24) is 43.7 Å². The first-order valence-electron chi connectivity index (χ1n) is 21.8. The Bertz CT molecular complexity index is 2940. The lowest BCUT2D eigenvalue weighted by Crippen LogP contribution is -2.49. The van der Waals surface area contributed by atoms with Gasteiger partial charge < -0.3 is 19.9 Å². The molecule has 1 spiro atoms. The predicted molar refractivity (Wildman–Crippen MR) is 228 cm³/mol. The zero-order chi connectivity index (χ0) is 44.0. The highest BCUT2D eigenvalue weighted by molar-refractivity contribution is 6.08. The maximum absolute atomic E-state index is 14.3. The van der Waals surface area contributed by atoms with E-state index in [2.05, 4.69) is 25.7 Å². The number of amides is 4. The van der Waals surface area contributed by atoms with E-state index in [1.807, 2.05) is 29.2 Å². The van der Waals surface area contributed by atoms with Crippen molar-refractivity contribution >= 4 is 51.8 Å². The number of aryl methyl sites for hydroxylation is 1. The molecule has 11 rings (SSSR count). The van der Waals surface area contributed by atoms with Crippen molar-refractivity contribution in [2.24, 2.45) is 18.4 Å². The van der Waals surface area contributed by atoms with Gasteiger partial charge in [-0.05, 0) is 98.2 Å². The maximum atomic E-state index is 14.3. The first kappa shape index (κ1) is 40.0. The van der Waals surface area contributed by atoms with E-state index in [1.165, 1.54) is 26.2 Å². The summed E-state index contributed by atoms with van der Waals surface area (Å²) in [6.45, 7) is 2.55. The van der Waals surface area contributed by atoms with Crippen LogP contribution in [0.25, 0.3) is 22.4 Å². The number of ether oxygens (including phenoxy) is 1. The molecule has 4 saturated heterocycles. The Kier molecular flexibility index (Phi) is 9.51. The molecular formula is C45H45F2N11O6. The minimum absolute atomic E-state index is 0.108. The first-order valence-corrected chi connectivity index (χ1v) is 21.8. The fraction of sp³-hybridized carbons (Fsp3) is 0.422. The Hall–Kier alpha value is -6.76. The third kappa shape index (κ3) is 6.74. The van der Waals surface area contributed by atoms with Gasteiger partial charge in [-0.25, -0.2) is 27.8 Å². The number of carbonyl (C=O) groups is 4. The van der Waals surface area contributed by atoms with Crippen LogP contribution in [0.2, 0.25) is 0 Å². The summed E-state index contributed by atoms with van der Waals surface area (Å²) in [5.74, 6) is -0.433. The summed E-state index contributed by atoms with van der Waals surface area (Å²) < 4.78 is 40.2. The van der Waals surface area contributed by atoms with Gasteiger partial charge in [0.2, 0.25) is 11.8 Å². The van der Waals surface area contributed by atoms with Crippen LogP contribution < -0.4 is 21.2 Å². The lowest BCUT2D eigenvalue weighted by molar-refractivity contribution is -0.135. The van der Waals surface area contributed by atoms with E-state index in [9.17, 15) is 32.8 Å². The highest BCUT2D eigenvalue weighted by Gasteiger charge is 2.46. The second-order valence-corrected chi connectivity index (χ2v) is 18.0. The van der Waals surface area contributed by atoms with Gasteiger partial charge in [-0.15, -0.1) is 0 Å². The van der Waals surface area contributed by atoms with Crippen molar-refractivity contribution in [1.29, 1.82) is 0 Å². The van der Waals surface area contributed by atoms with E-state index in [1.54, 1.807) is 42.1 Å². The number of halogens is 2. The zero-order valence-electron chi connectivity index (χ0n) is 35.0. The number of nitrogens with zero attached hydrogens (tertiary/aromatic N) is 9. The predicted octanol–water partition coefficient (Wildman–Crippen LogP) is 4.59. The van der Waals surface area contributed by atoms with Crippen LogP contribution in [0, 0.1) is 11.3 Å². The van der Waals surface area contributed by atoms with Crippen molar-refractivity contribution in [3.63, 3.8) is 0 Å². The molecule has 4 amide bonds. The molecule has 17 nitrogen and oxygen atoms in total. The molecule has 3 atom stereocenters. The van der Waals surface area contributed by atoms with Crippen LogP contribution in [0.4, 0.5) is 20.3 Å². The van der Waals surface area contributed by atoms with E-state index in [0.717, 1.165) is 49.6 Å². The molecule has 2 N–H and O–H groups in total. The molecule has 6 aromatic rings. The lowest BCUT2D eigenvalue weighted by Gasteiger charge is -2.52. The summed E-state index contributed by atoms with van der Waals surface area (Å²) in [5, 5.41) is 13.3. The SMILES string of the molecule is Cn1c(=O)n(C2CCC(=O)NC2=O)c2cccc(CC3CC4(CCN(C(=O)c5ccc(-n6cc(NC(=O)c7cnn8ccc(N9C[C@H]%10C[C@@H]9CO%10)nc78)c(C(F)F)n6)cc5)CC4)C3)c21. The average Bonchev–Trinajstić information content (AvgIpc) is 4.13. The molecule has 2 aromatic carbocycles. The van der Waals surface area contributed by atoms with Crippen LogP contribution in [-0.4, -0.2) is 100 Å². The molecule has 8 heterocycles. The van der Waals surface area contributed by atoms with Gasteiger partial charge in [0.15, 0.2) is 11.3 Å². The standard InChI is InChI=1S/C45H45F2N11O6/c1-53-38-27(3-2-4-33(38)58(44(53)63)34-9-10-36(59)51-42(34)61)17-25-19-45(20-25)12-15-54(16-13-45)43(62)26-5-7-28(8-6-26)57-23-32(37(52-57)39(46)47)49-41(60)31-21-48-56-14-11-35(50-40(31)56)55-22-30-18-29(55)24-64-30/h2-8,11,14,21,23,25,29-30,34,39H,9-10,12-13,15-20,22,24H2,1H3,(H,49,60)(H,51,59,61)/t29-,30-,34?/m1/s1. The molecule has 19 heteroatoms. The maximum Gasteiger partial charge on any atom is 0.329 e. The van der Waals surface area contributed by atoms with Crippen LogP contribution in [-0.2, 0) is 27.8 Å². The molecule has 4 aromatic heterocycles. The summed E-state index contributed by atoms with van der Waals surface area (Å²) in [7, 11) is 1.73. The fourth-order valence-corrected chi connectivity index (χ4v) is 10.9. The molecule has 5 aliphatic rings. The third-order valence-corrected chi connectivity index (χ3v) is 14.1. The van der Waals surface area contributed by atoms with Gasteiger partial charge in [-0.3, -0.25) is 33.6 Å². The quantitative estimate of drug-likeness (QED) is 0.195.